The predicted molar refractivity (Wildman–Crippen MR) is 104 cm³/mol. The summed E-state index contributed by atoms with van der Waals surface area (Å²) in [6.45, 7) is 7.79. The number of halogens is 1. The first-order chi connectivity index (χ1) is 12.2. The van der Waals surface area contributed by atoms with E-state index < -0.39 is 5.60 Å². The van der Waals surface area contributed by atoms with Crippen molar-refractivity contribution >= 4 is 34.5 Å². The summed E-state index contributed by atoms with van der Waals surface area (Å²) in [5, 5.41) is 0.396. The third kappa shape index (κ3) is 4.36. The predicted octanol–water partition coefficient (Wildman–Crippen LogP) is 3.98. The van der Waals surface area contributed by atoms with Crippen LogP contribution in [-0.4, -0.2) is 53.2 Å². The van der Waals surface area contributed by atoms with Crippen molar-refractivity contribution in [2.75, 3.05) is 31.6 Å². The lowest BCUT2D eigenvalue weighted by Crippen LogP contribution is -2.36. The number of likely N-dealkylation sites (tertiary alicyclic amines) is 1. The van der Waals surface area contributed by atoms with E-state index in [1.54, 1.807) is 4.90 Å². The zero-order chi connectivity index (χ0) is 18.9. The van der Waals surface area contributed by atoms with Gasteiger partial charge in [0.2, 0.25) is 0 Å². The topological polar surface area (TPSA) is 58.6 Å². The Hall–Kier alpha value is -2.08. The van der Waals surface area contributed by atoms with Gasteiger partial charge >= 0.3 is 6.09 Å². The number of rotatable bonds is 3. The molecule has 1 aromatic carbocycles. The summed E-state index contributed by atoms with van der Waals surface area (Å²) in [6.07, 6.45) is 0.688. The van der Waals surface area contributed by atoms with Crippen LogP contribution in [0, 0.1) is 5.92 Å². The van der Waals surface area contributed by atoms with E-state index in [2.05, 4.69) is 9.97 Å². The summed E-state index contributed by atoms with van der Waals surface area (Å²) in [4.78, 5) is 25.1. The molecule has 0 bridgehead atoms. The Balaban J connectivity index is 1.65. The molecule has 1 fully saturated rings. The van der Waals surface area contributed by atoms with E-state index >= 15 is 0 Å². The third-order valence-corrected chi connectivity index (χ3v) is 4.60. The molecule has 0 saturated carbocycles. The maximum Gasteiger partial charge on any atom is 0.410 e. The van der Waals surface area contributed by atoms with E-state index in [0.29, 0.717) is 30.0 Å². The maximum atomic E-state index is 12.2. The van der Waals surface area contributed by atoms with Gasteiger partial charge < -0.3 is 14.5 Å². The van der Waals surface area contributed by atoms with Crippen molar-refractivity contribution in [1.82, 2.24) is 14.9 Å². The molecule has 0 radical (unpaired) electrons. The van der Waals surface area contributed by atoms with Crippen LogP contribution >= 0.6 is 11.6 Å². The molecule has 2 heterocycles. The third-order valence-electron chi connectivity index (χ3n) is 4.34. The molecule has 1 unspecified atom stereocenters. The van der Waals surface area contributed by atoms with Crippen molar-refractivity contribution in [2.24, 2.45) is 5.92 Å². The number of fused-ring (bicyclic) bond motifs is 1. The Morgan fingerprint density at radius 1 is 1.31 bits per heavy atom. The number of hydrogen-bond donors (Lipinski definition) is 0. The van der Waals surface area contributed by atoms with Gasteiger partial charge in [0.15, 0.2) is 11.0 Å². The number of benzene rings is 1. The Labute approximate surface area is 159 Å². The first-order valence-corrected chi connectivity index (χ1v) is 9.22. The molecule has 6 nitrogen and oxygen atoms in total. The molecular weight excluding hydrogens is 352 g/mol. The molecule has 3 rings (SSSR count). The number of carbonyl (C=O) groups excluding carboxylic acids is 1. The minimum Gasteiger partial charge on any atom is -0.444 e. The van der Waals surface area contributed by atoms with Crippen LogP contribution < -0.4 is 4.90 Å². The minimum absolute atomic E-state index is 0.244. The van der Waals surface area contributed by atoms with E-state index in [0.717, 1.165) is 24.0 Å². The summed E-state index contributed by atoms with van der Waals surface area (Å²) in [5.41, 5.74) is 1.13. The molecule has 2 aromatic rings. The summed E-state index contributed by atoms with van der Waals surface area (Å²) in [5.74, 6) is 1.01. The maximum absolute atomic E-state index is 12.2. The Bertz CT molecular complexity index is 806. The largest absolute Gasteiger partial charge is 0.444 e. The summed E-state index contributed by atoms with van der Waals surface area (Å²) in [7, 11) is 1.96. The van der Waals surface area contributed by atoms with Crippen LogP contribution in [0.5, 0.6) is 0 Å². The minimum atomic E-state index is -0.472. The second-order valence-corrected chi connectivity index (χ2v) is 8.15. The molecule has 1 saturated heterocycles. The fourth-order valence-corrected chi connectivity index (χ4v) is 3.44. The molecule has 140 valence electrons. The van der Waals surface area contributed by atoms with Crippen LogP contribution in [0.4, 0.5) is 10.6 Å². The second kappa shape index (κ2) is 7.27. The van der Waals surface area contributed by atoms with Gasteiger partial charge in [-0.15, -0.1) is 0 Å². The van der Waals surface area contributed by atoms with Crippen LogP contribution in [0.1, 0.15) is 27.2 Å². The number of ether oxygens (including phenoxy) is 1. The van der Waals surface area contributed by atoms with Gasteiger partial charge in [-0.05, 0) is 45.2 Å². The SMILES string of the molecule is CN(CC1CCN(C(=O)OC(C)(C)C)C1)c1nc2ccccc2nc1Cl. The second-order valence-electron chi connectivity index (χ2n) is 7.79. The first kappa shape index (κ1) is 18.7. The van der Waals surface area contributed by atoms with E-state index in [-0.39, 0.29) is 6.09 Å². The van der Waals surface area contributed by atoms with Gasteiger partial charge in [0.05, 0.1) is 11.0 Å². The monoisotopic (exact) mass is 376 g/mol. The highest BCUT2D eigenvalue weighted by molar-refractivity contribution is 6.32. The average Bonchev–Trinajstić information content (AvgIpc) is 3.01. The Morgan fingerprint density at radius 3 is 2.62 bits per heavy atom. The van der Waals surface area contributed by atoms with Gasteiger partial charge in [0.1, 0.15) is 5.60 Å². The molecule has 1 aliphatic rings. The van der Waals surface area contributed by atoms with E-state index in [1.165, 1.54) is 0 Å². The molecule has 1 aliphatic heterocycles. The number of para-hydroxylation sites is 2. The lowest BCUT2D eigenvalue weighted by molar-refractivity contribution is 0.0288. The molecule has 1 atom stereocenters. The zero-order valence-electron chi connectivity index (χ0n) is 15.7. The fourth-order valence-electron chi connectivity index (χ4n) is 3.16. The molecule has 0 spiro atoms. The number of amides is 1. The fraction of sp³-hybridized carbons (Fsp3) is 0.526. The summed E-state index contributed by atoms with van der Waals surface area (Å²) < 4.78 is 5.46. The van der Waals surface area contributed by atoms with Gasteiger partial charge in [-0.3, -0.25) is 0 Å². The average molecular weight is 377 g/mol. The summed E-state index contributed by atoms with van der Waals surface area (Å²) >= 11 is 6.34. The van der Waals surface area contributed by atoms with Gasteiger partial charge in [0, 0.05) is 26.7 Å². The number of hydrogen-bond acceptors (Lipinski definition) is 5. The van der Waals surface area contributed by atoms with Gasteiger partial charge in [-0.25, -0.2) is 14.8 Å². The Morgan fingerprint density at radius 2 is 1.96 bits per heavy atom. The molecule has 0 aliphatic carbocycles. The lowest BCUT2D eigenvalue weighted by Gasteiger charge is -2.25. The van der Waals surface area contributed by atoms with Crippen LogP contribution in [0.15, 0.2) is 24.3 Å². The van der Waals surface area contributed by atoms with Gasteiger partial charge in [-0.2, -0.15) is 0 Å². The molecular formula is C19H25ClN4O2. The van der Waals surface area contributed by atoms with Crippen LogP contribution in [0.3, 0.4) is 0 Å². The highest BCUT2D eigenvalue weighted by Crippen LogP contribution is 2.26. The van der Waals surface area contributed by atoms with Crippen LogP contribution in [0.25, 0.3) is 11.0 Å². The van der Waals surface area contributed by atoms with Gasteiger partial charge in [0.25, 0.3) is 0 Å². The smallest absolute Gasteiger partial charge is 0.410 e. The van der Waals surface area contributed by atoms with Crippen molar-refractivity contribution in [3.05, 3.63) is 29.4 Å². The molecule has 7 heteroatoms. The van der Waals surface area contributed by atoms with Crippen molar-refractivity contribution in [3.8, 4) is 0 Å². The lowest BCUT2D eigenvalue weighted by atomic mass is 10.1. The molecule has 1 amide bonds. The summed E-state index contributed by atoms with van der Waals surface area (Å²) in [6, 6.07) is 7.67. The van der Waals surface area contributed by atoms with E-state index in [4.69, 9.17) is 16.3 Å². The van der Waals surface area contributed by atoms with Crippen molar-refractivity contribution in [1.29, 1.82) is 0 Å². The number of nitrogens with zero attached hydrogens (tertiary/aromatic N) is 4. The standard InChI is InChI=1S/C19H25ClN4O2/c1-19(2,3)26-18(25)24-10-9-13(12-24)11-23(4)17-16(20)21-14-7-5-6-8-15(14)22-17/h5-8,13H,9-12H2,1-4H3. The Kier molecular flexibility index (Phi) is 5.23. The van der Waals surface area contributed by atoms with E-state index in [9.17, 15) is 4.79 Å². The van der Waals surface area contributed by atoms with Crippen molar-refractivity contribution < 1.29 is 9.53 Å². The quantitative estimate of drug-likeness (QED) is 0.811. The zero-order valence-corrected chi connectivity index (χ0v) is 16.5. The molecule has 1 aromatic heterocycles. The number of carbonyl (C=O) groups is 1. The first-order valence-electron chi connectivity index (χ1n) is 8.84. The molecule has 0 N–H and O–H groups in total. The highest BCUT2D eigenvalue weighted by atomic mass is 35.5. The van der Waals surface area contributed by atoms with Crippen LogP contribution in [0.2, 0.25) is 5.15 Å². The van der Waals surface area contributed by atoms with E-state index in [1.807, 2.05) is 57.0 Å². The molecule has 26 heavy (non-hydrogen) atoms. The van der Waals surface area contributed by atoms with Gasteiger partial charge in [-0.1, -0.05) is 23.7 Å². The van der Waals surface area contributed by atoms with Crippen molar-refractivity contribution in [3.63, 3.8) is 0 Å². The normalized spacial score (nSPS) is 17.6. The number of aromatic nitrogens is 2. The van der Waals surface area contributed by atoms with Crippen molar-refractivity contribution in [2.45, 2.75) is 32.8 Å². The number of anilines is 1. The highest BCUT2D eigenvalue weighted by Gasteiger charge is 2.30. The van der Waals surface area contributed by atoms with Crippen LogP contribution in [-0.2, 0) is 4.74 Å².